The molecule has 2 aromatic rings. The Hall–Kier alpha value is -2.28. The van der Waals surface area contributed by atoms with Crippen molar-refractivity contribution in [2.45, 2.75) is 0 Å². The number of nitrogens with zero attached hydrogens (tertiary/aromatic N) is 1. The Morgan fingerprint density at radius 3 is 2.43 bits per heavy atom. The zero-order chi connectivity index (χ0) is 9.97. The summed E-state index contributed by atoms with van der Waals surface area (Å²) in [7, 11) is 0. The Bertz CT molecular complexity index is 501. The highest BCUT2D eigenvalue weighted by molar-refractivity contribution is 5.72. The Labute approximate surface area is 79.4 Å². The summed E-state index contributed by atoms with van der Waals surface area (Å²) < 4.78 is 10.2. The summed E-state index contributed by atoms with van der Waals surface area (Å²) in [6.45, 7) is 0. The van der Waals surface area contributed by atoms with Gasteiger partial charge in [0.05, 0.1) is 0 Å². The van der Waals surface area contributed by atoms with Gasteiger partial charge in [-0.3, -0.25) is 4.79 Å². The highest BCUT2D eigenvalue weighted by atomic mass is 16.4. The first kappa shape index (κ1) is 8.32. The van der Waals surface area contributed by atoms with E-state index in [1.165, 1.54) is 6.07 Å². The minimum atomic E-state index is 0.212. The zero-order valence-electron chi connectivity index (χ0n) is 7.06. The normalized spacial score (nSPS) is 9.64. The van der Waals surface area contributed by atoms with Crippen LogP contribution in [0.4, 0.5) is 0 Å². The van der Waals surface area contributed by atoms with Gasteiger partial charge >= 0.3 is 0 Å². The van der Waals surface area contributed by atoms with Crippen LogP contribution in [0.1, 0.15) is 16.3 Å². The molecule has 0 aliphatic heterocycles. The second-order valence-corrected chi connectivity index (χ2v) is 2.60. The van der Waals surface area contributed by atoms with Gasteiger partial charge in [-0.1, -0.05) is 0 Å². The van der Waals surface area contributed by atoms with E-state index in [0.29, 0.717) is 17.8 Å². The quantitative estimate of drug-likeness (QED) is 0.676. The van der Waals surface area contributed by atoms with Gasteiger partial charge in [0.1, 0.15) is 6.07 Å². The smallest absolute Gasteiger partial charge is 0.204 e. The van der Waals surface area contributed by atoms with Crippen molar-refractivity contribution >= 4 is 6.29 Å². The minimum Gasteiger partial charge on any atom is -0.450 e. The molecule has 0 N–H and O–H groups in total. The number of hydrogen-bond donors (Lipinski definition) is 0. The van der Waals surface area contributed by atoms with Crippen LogP contribution >= 0.6 is 0 Å². The molecule has 68 valence electrons. The lowest BCUT2D eigenvalue weighted by Crippen LogP contribution is -1.69. The second kappa shape index (κ2) is 3.23. The van der Waals surface area contributed by atoms with Crippen molar-refractivity contribution in [3.8, 4) is 17.6 Å². The van der Waals surface area contributed by atoms with E-state index < -0.39 is 0 Å². The van der Waals surface area contributed by atoms with Crippen LogP contribution in [0.5, 0.6) is 0 Å². The van der Waals surface area contributed by atoms with E-state index in [0.717, 1.165) is 0 Å². The van der Waals surface area contributed by atoms with E-state index in [4.69, 9.17) is 14.1 Å². The molecular formula is C10H5NO3. The number of nitriles is 1. The van der Waals surface area contributed by atoms with E-state index in [2.05, 4.69) is 0 Å². The van der Waals surface area contributed by atoms with Crippen LogP contribution in [0.15, 0.2) is 33.1 Å². The lowest BCUT2D eigenvalue weighted by molar-refractivity contribution is 0.110. The molecule has 0 unspecified atom stereocenters. The van der Waals surface area contributed by atoms with Crippen LogP contribution in [-0.2, 0) is 0 Å². The summed E-state index contributed by atoms with van der Waals surface area (Å²) in [5.41, 5.74) is 0. The number of rotatable bonds is 2. The van der Waals surface area contributed by atoms with Gasteiger partial charge in [0.15, 0.2) is 23.6 Å². The van der Waals surface area contributed by atoms with Crippen molar-refractivity contribution in [3.63, 3.8) is 0 Å². The molecule has 0 amide bonds. The molecule has 14 heavy (non-hydrogen) atoms. The molecule has 2 aromatic heterocycles. The Balaban J connectivity index is 2.39. The van der Waals surface area contributed by atoms with Crippen molar-refractivity contribution in [1.29, 1.82) is 5.26 Å². The minimum absolute atomic E-state index is 0.212. The summed E-state index contributed by atoms with van der Waals surface area (Å²) >= 11 is 0. The maximum Gasteiger partial charge on any atom is 0.204 e. The summed E-state index contributed by atoms with van der Waals surface area (Å²) in [4.78, 5) is 10.3. The van der Waals surface area contributed by atoms with Gasteiger partial charge in [0, 0.05) is 0 Å². The molecule has 4 nitrogen and oxygen atoms in total. The van der Waals surface area contributed by atoms with Gasteiger partial charge in [-0.25, -0.2) is 0 Å². The van der Waals surface area contributed by atoms with Crippen molar-refractivity contribution < 1.29 is 13.6 Å². The first-order chi connectivity index (χ1) is 6.83. The van der Waals surface area contributed by atoms with Crippen LogP contribution in [0, 0.1) is 11.3 Å². The van der Waals surface area contributed by atoms with Crippen molar-refractivity contribution in [3.05, 3.63) is 35.8 Å². The number of furan rings is 2. The molecule has 0 aliphatic rings. The predicted molar refractivity (Wildman–Crippen MR) is 46.5 cm³/mol. The predicted octanol–water partition coefficient (Wildman–Crippen LogP) is 2.22. The fourth-order valence-corrected chi connectivity index (χ4v) is 1.08. The third-order valence-corrected chi connectivity index (χ3v) is 1.70. The van der Waals surface area contributed by atoms with Crippen LogP contribution in [0.25, 0.3) is 11.5 Å². The third kappa shape index (κ3) is 1.31. The van der Waals surface area contributed by atoms with Crippen molar-refractivity contribution in [2.75, 3.05) is 0 Å². The maximum absolute atomic E-state index is 10.3. The van der Waals surface area contributed by atoms with Crippen LogP contribution < -0.4 is 0 Å². The molecular weight excluding hydrogens is 182 g/mol. The van der Waals surface area contributed by atoms with Gasteiger partial charge in [-0.15, -0.1) is 0 Å². The van der Waals surface area contributed by atoms with Crippen molar-refractivity contribution in [2.24, 2.45) is 0 Å². The van der Waals surface area contributed by atoms with Gasteiger partial charge in [0.25, 0.3) is 0 Å². The molecule has 4 heteroatoms. The van der Waals surface area contributed by atoms with E-state index in [9.17, 15) is 4.79 Å². The molecule has 0 aromatic carbocycles. The molecule has 0 saturated carbocycles. The molecule has 0 aliphatic carbocycles. The van der Waals surface area contributed by atoms with Gasteiger partial charge in [-0.05, 0) is 24.3 Å². The summed E-state index contributed by atoms with van der Waals surface area (Å²) in [5, 5.41) is 8.52. The van der Waals surface area contributed by atoms with Gasteiger partial charge in [-0.2, -0.15) is 5.26 Å². The first-order valence-electron chi connectivity index (χ1n) is 3.89. The topological polar surface area (TPSA) is 67.1 Å². The van der Waals surface area contributed by atoms with Crippen LogP contribution in [0.3, 0.4) is 0 Å². The number of aldehydes is 1. The number of carbonyl (C=O) groups excluding carboxylic acids is 1. The number of carbonyl (C=O) groups is 1. The van der Waals surface area contributed by atoms with E-state index in [-0.39, 0.29) is 11.5 Å². The molecule has 0 atom stereocenters. The summed E-state index contributed by atoms with van der Waals surface area (Å²) in [6, 6.07) is 8.17. The van der Waals surface area contributed by atoms with Gasteiger partial charge < -0.3 is 8.83 Å². The molecule has 0 bridgehead atoms. The average Bonchev–Trinajstić information content (AvgIpc) is 2.86. The SMILES string of the molecule is N#Cc1ccc(-c2ccc(C=O)o2)o1. The molecule has 2 heterocycles. The summed E-state index contributed by atoms with van der Waals surface area (Å²) in [6.07, 6.45) is 0.609. The standard InChI is InChI=1S/C10H5NO3/c11-5-7-1-3-9(13-7)10-4-2-8(6-12)14-10/h1-4,6H. The van der Waals surface area contributed by atoms with Crippen molar-refractivity contribution in [1.82, 2.24) is 0 Å². The third-order valence-electron chi connectivity index (χ3n) is 1.70. The first-order valence-corrected chi connectivity index (χ1v) is 3.89. The largest absolute Gasteiger partial charge is 0.450 e. The number of hydrogen-bond acceptors (Lipinski definition) is 4. The fraction of sp³-hybridized carbons (Fsp3) is 0. The maximum atomic E-state index is 10.3. The molecule has 2 rings (SSSR count). The van der Waals surface area contributed by atoms with Crippen LogP contribution in [0.2, 0.25) is 0 Å². The van der Waals surface area contributed by atoms with E-state index in [1.54, 1.807) is 18.2 Å². The highest BCUT2D eigenvalue weighted by Crippen LogP contribution is 2.23. The highest BCUT2D eigenvalue weighted by Gasteiger charge is 2.08. The lowest BCUT2D eigenvalue weighted by Gasteiger charge is -1.87. The van der Waals surface area contributed by atoms with Gasteiger partial charge in [0.2, 0.25) is 5.76 Å². The second-order valence-electron chi connectivity index (χ2n) is 2.60. The average molecular weight is 187 g/mol. The fourth-order valence-electron chi connectivity index (χ4n) is 1.08. The zero-order valence-corrected chi connectivity index (χ0v) is 7.06. The molecule has 0 spiro atoms. The Morgan fingerprint density at radius 1 is 1.14 bits per heavy atom. The molecule has 0 fully saturated rings. The molecule has 0 saturated heterocycles. The van der Waals surface area contributed by atoms with Crippen LogP contribution in [-0.4, -0.2) is 6.29 Å². The monoisotopic (exact) mass is 187 g/mol. The Kier molecular flexibility index (Phi) is 1.92. The lowest BCUT2D eigenvalue weighted by atomic mass is 10.3. The Morgan fingerprint density at radius 2 is 1.86 bits per heavy atom. The summed E-state index contributed by atoms with van der Waals surface area (Å²) in [5.74, 6) is 1.32. The van der Waals surface area contributed by atoms with E-state index >= 15 is 0 Å². The van der Waals surface area contributed by atoms with E-state index in [1.807, 2.05) is 6.07 Å². The molecule has 0 radical (unpaired) electrons.